The molecule has 0 bridgehead atoms. The summed E-state index contributed by atoms with van der Waals surface area (Å²) in [7, 11) is 0. The number of hydrogen-bond acceptors (Lipinski definition) is 3. The molecular weight excluding hydrogens is 246 g/mol. The number of carbonyl (C=O) groups excluding carboxylic acids is 1. The maximum absolute atomic E-state index is 11.6. The smallest absolute Gasteiger partial charge is 0.326 e. The molecular formula is C13H17N3O3. The minimum absolute atomic E-state index is 0.186. The van der Waals surface area contributed by atoms with Crippen molar-refractivity contribution < 1.29 is 14.7 Å². The number of aromatic nitrogens is 2. The number of carboxylic acids is 1. The monoisotopic (exact) mass is 263 g/mol. The van der Waals surface area contributed by atoms with Crippen LogP contribution in [0.1, 0.15) is 31.4 Å². The zero-order valence-electron chi connectivity index (χ0n) is 10.6. The van der Waals surface area contributed by atoms with Crippen LogP contribution in [0.4, 0.5) is 0 Å². The Kier molecular flexibility index (Phi) is 6.16. The van der Waals surface area contributed by atoms with Gasteiger partial charge in [-0.05, 0) is 12.8 Å². The fourth-order valence-electron chi connectivity index (χ4n) is 1.60. The molecule has 0 aliphatic carbocycles. The van der Waals surface area contributed by atoms with Crippen molar-refractivity contribution in [1.29, 1.82) is 0 Å². The molecule has 0 spiro atoms. The highest BCUT2D eigenvalue weighted by molar-refractivity contribution is 5.83. The van der Waals surface area contributed by atoms with Crippen molar-refractivity contribution in [2.75, 3.05) is 0 Å². The molecule has 19 heavy (non-hydrogen) atoms. The van der Waals surface area contributed by atoms with Crippen LogP contribution in [0.15, 0.2) is 12.5 Å². The zero-order valence-corrected chi connectivity index (χ0v) is 10.6. The summed E-state index contributed by atoms with van der Waals surface area (Å²) in [6, 6.07) is -0.944. The van der Waals surface area contributed by atoms with Gasteiger partial charge in [-0.2, -0.15) is 0 Å². The average Bonchev–Trinajstić information content (AvgIpc) is 2.86. The van der Waals surface area contributed by atoms with E-state index >= 15 is 0 Å². The number of aromatic amines is 1. The fraction of sp³-hybridized carbons (Fsp3) is 0.462. The van der Waals surface area contributed by atoms with Gasteiger partial charge in [-0.25, -0.2) is 9.78 Å². The van der Waals surface area contributed by atoms with E-state index in [4.69, 9.17) is 11.5 Å². The number of carbonyl (C=O) groups is 2. The predicted molar refractivity (Wildman–Crippen MR) is 69.2 cm³/mol. The van der Waals surface area contributed by atoms with E-state index < -0.39 is 12.0 Å². The van der Waals surface area contributed by atoms with Crippen molar-refractivity contribution in [2.45, 2.75) is 38.1 Å². The van der Waals surface area contributed by atoms with E-state index in [1.807, 2.05) is 0 Å². The highest BCUT2D eigenvalue weighted by atomic mass is 16.4. The lowest BCUT2D eigenvalue weighted by atomic mass is 10.1. The molecule has 0 saturated carbocycles. The first-order valence-corrected chi connectivity index (χ1v) is 6.06. The second-order valence-electron chi connectivity index (χ2n) is 4.15. The van der Waals surface area contributed by atoms with Gasteiger partial charge in [-0.15, -0.1) is 12.3 Å². The maximum Gasteiger partial charge on any atom is 0.326 e. The minimum Gasteiger partial charge on any atom is -0.480 e. The summed E-state index contributed by atoms with van der Waals surface area (Å²) in [4.78, 5) is 29.3. The molecule has 0 aliphatic rings. The van der Waals surface area contributed by atoms with Gasteiger partial charge in [-0.3, -0.25) is 4.79 Å². The summed E-state index contributed by atoms with van der Waals surface area (Å²) in [5, 5.41) is 11.5. The van der Waals surface area contributed by atoms with Gasteiger partial charge in [-0.1, -0.05) is 0 Å². The quantitative estimate of drug-likeness (QED) is 0.475. The normalized spacial score (nSPS) is 11.5. The van der Waals surface area contributed by atoms with E-state index in [2.05, 4.69) is 21.2 Å². The van der Waals surface area contributed by atoms with Crippen LogP contribution in [0.25, 0.3) is 0 Å². The first-order chi connectivity index (χ1) is 9.13. The van der Waals surface area contributed by atoms with Crippen molar-refractivity contribution in [1.82, 2.24) is 15.3 Å². The Hall–Kier alpha value is -2.29. The molecule has 6 nitrogen and oxygen atoms in total. The number of terminal acetylenes is 1. The standard InChI is InChI=1S/C13H17N3O3/c1-2-3-4-5-6-12(17)16-11(13(18)19)7-10-8-14-9-15-10/h1,8-9,11H,3-7H2,(H,14,15)(H,16,17)(H,18,19)/t11-/m1/s1. The summed E-state index contributed by atoms with van der Waals surface area (Å²) in [6.45, 7) is 0. The second-order valence-corrected chi connectivity index (χ2v) is 4.15. The van der Waals surface area contributed by atoms with Crippen LogP contribution < -0.4 is 5.32 Å². The van der Waals surface area contributed by atoms with Gasteiger partial charge >= 0.3 is 5.97 Å². The highest BCUT2D eigenvalue weighted by Crippen LogP contribution is 2.02. The van der Waals surface area contributed by atoms with E-state index in [1.54, 1.807) is 0 Å². The Bertz CT molecular complexity index is 448. The van der Waals surface area contributed by atoms with Crippen molar-refractivity contribution in [3.8, 4) is 12.3 Å². The number of unbranched alkanes of at least 4 members (excludes halogenated alkanes) is 2. The van der Waals surface area contributed by atoms with E-state index in [-0.39, 0.29) is 18.7 Å². The van der Waals surface area contributed by atoms with Crippen LogP contribution in [0, 0.1) is 12.3 Å². The van der Waals surface area contributed by atoms with Gasteiger partial charge in [0, 0.05) is 31.2 Å². The van der Waals surface area contributed by atoms with E-state index in [0.29, 0.717) is 18.5 Å². The largest absolute Gasteiger partial charge is 0.480 e. The number of hydrogen-bond donors (Lipinski definition) is 3. The van der Waals surface area contributed by atoms with E-state index in [1.165, 1.54) is 12.5 Å². The first kappa shape index (κ1) is 14.8. The lowest BCUT2D eigenvalue weighted by Gasteiger charge is -2.13. The molecule has 0 fully saturated rings. The number of imidazole rings is 1. The average molecular weight is 263 g/mol. The van der Waals surface area contributed by atoms with Crippen LogP contribution in [0.3, 0.4) is 0 Å². The van der Waals surface area contributed by atoms with Gasteiger partial charge < -0.3 is 15.4 Å². The molecule has 0 unspecified atom stereocenters. The zero-order chi connectivity index (χ0) is 14.1. The molecule has 3 N–H and O–H groups in total. The number of amides is 1. The molecule has 102 valence electrons. The molecule has 1 aromatic rings. The Morgan fingerprint density at radius 3 is 2.89 bits per heavy atom. The Balaban J connectivity index is 2.39. The number of aliphatic carboxylic acids is 1. The van der Waals surface area contributed by atoms with Crippen molar-refractivity contribution in [3.63, 3.8) is 0 Å². The lowest BCUT2D eigenvalue weighted by molar-refractivity contribution is -0.141. The van der Waals surface area contributed by atoms with Gasteiger partial charge in [0.25, 0.3) is 0 Å². The number of nitrogens with zero attached hydrogens (tertiary/aromatic N) is 1. The number of rotatable bonds is 8. The SMILES string of the molecule is C#CCCCCC(=O)N[C@H](Cc1cnc[nH]1)C(=O)O. The summed E-state index contributed by atoms with van der Waals surface area (Å²) in [5.74, 6) is 1.16. The molecule has 0 radical (unpaired) electrons. The summed E-state index contributed by atoms with van der Waals surface area (Å²) in [6.07, 6.45) is 10.6. The Morgan fingerprint density at radius 1 is 1.53 bits per heavy atom. The molecule has 0 saturated heterocycles. The summed E-state index contributed by atoms with van der Waals surface area (Å²) in [5.41, 5.74) is 0.667. The fourth-order valence-corrected chi connectivity index (χ4v) is 1.60. The summed E-state index contributed by atoms with van der Waals surface area (Å²) < 4.78 is 0. The minimum atomic E-state index is -1.06. The molecule has 1 atom stereocenters. The van der Waals surface area contributed by atoms with Crippen molar-refractivity contribution >= 4 is 11.9 Å². The maximum atomic E-state index is 11.6. The third-order valence-corrected chi connectivity index (χ3v) is 2.59. The van der Waals surface area contributed by atoms with Crippen LogP contribution >= 0.6 is 0 Å². The Labute approximate surface area is 111 Å². The molecule has 6 heteroatoms. The van der Waals surface area contributed by atoms with Gasteiger partial charge in [0.1, 0.15) is 6.04 Å². The third-order valence-electron chi connectivity index (χ3n) is 2.59. The molecule has 1 rings (SSSR count). The lowest BCUT2D eigenvalue weighted by Crippen LogP contribution is -2.42. The molecule has 0 aromatic carbocycles. The van der Waals surface area contributed by atoms with E-state index in [9.17, 15) is 9.59 Å². The van der Waals surface area contributed by atoms with Crippen LogP contribution in [-0.4, -0.2) is 33.0 Å². The molecule has 0 aliphatic heterocycles. The topological polar surface area (TPSA) is 95.1 Å². The molecule has 1 heterocycles. The second kappa shape index (κ2) is 7.93. The van der Waals surface area contributed by atoms with Gasteiger partial charge in [0.05, 0.1) is 6.33 Å². The number of nitrogens with one attached hydrogen (secondary N) is 2. The van der Waals surface area contributed by atoms with Crippen molar-refractivity contribution in [2.24, 2.45) is 0 Å². The molecule has 1 aromatic heterocycles. The number of H-pyrrole nitrogens is 1. The number of carboxylic acid groups (broad SMARTS) is 1. The first-order valence-electron chi connectivity index (χ1n) is 6.06. The van der Waals surface area contributed by atoms with E-state index in [0.717, 1.165) is 6.42 Å². The molecule has 1 amide bonds. The van der Waals surface area contributed by atoms with Crippen molar-refractivity contribution in [3.05, 3.63) is 18.2 Å². The van der Waals surface area contributed by atoms with Gasteiger partial charge in [0.15, 0.2) is 0 Å². The Morgan fingerprint density at radius 2 is 2.32 bits per heavy atom. The predicted octanol–water partition coefficient (Wildman–Crippen LogP) is 0.715. The van der Waals surface area contributed by atoms with Crippen LogP contribution in [0.2, 0.25) is 0 Å². The summed E-state index contributed by atoms with van der Waals surface area (Å²) >= 11 is 0. The highest BCUT2D eigenvalue weighted by Gasteiger charge is 2.20. The third kappa shape index (κ3) is 5.73. The van der Waals surface area contributed by atoms with Crippen LogP contribution in [0.5, 0.6) is 0 Å². The van der Waals surface area contributed by atoms with Crippen LogP contribution in [-0.2, 0) is 16.0 Å². The van der Waals surface area contributed by atoms with Gasteiger partial charge in [0.2, 0.25) is 5.91 Å².